The van der Waals surface area contributed by atoms with Crippen molar-refractivity contribution in [3.8, 4) is 34.0 Å². The lowest BCUT2D eigenvalue weighted by Gasteiger charge is -2.06. The Kier molecular flexibility index (Phi) is 5.30. The Morgan fingerprint density at radius 2 is 1.40 bits per heavy atom. The highest BCUT2D eigenvalue weighted by Gasteiger charge is 2.21. The number of carbonyl (C=O) groups is 1. The first-order valence-electron chi connectivity index (χ1n) is 9.29. The van der Waals surface area contributed by atoms with Crippen LogP contribution in [0.2, 0.25) is 0 Å². The third-order valence-electron chi connectivity index (χ3n) is 4.78. The molecule has 1 aromatic heterocycles. The predicted octanol–water partition coefficient (Wildman–Crippen LogP) is 5.13. The highest BCUT2D eigenvalue weighted by molar-refractivity contribution is 6.07. The van der Waals surface area contributed by atoms with Crippen LogP contribution in [-0.2, 0) is 0 Å². The number of carbonyl (C=O) groups excluding carboxylic acids is 1. The van der Waals surface area contributed by atoms with Gasteiger partial charge in [0.2, 0.25) is 5.78 Å². The van der Waals surface area contributed by atoms with Crippen molar-refractivity contribution in [2.24, 2.45) is 0 Å². The summed E-state index contributed by atoms with van der Waals surface area (Å²) in [7, 11) is 3.19. The van der Waals surface area contributed by atoms with Gasteiger partial charge in [-0.15, -0.1) is 0 Å². The number of halogens is 1. The quantitative estimate of drug-likeness (QED) is 0.454. The fourth-order valence-electron chi connectivity index (χ4n) is 3.18. The zero-order valence-corrected chi connectivity index (χ0v) is 16.5. The van der Waals surface area contributed by atoms with Crippen LogP contribution in [0.4, 0.5) is 4.39 Å². The van der Waals surface area contributed by atoms with Crippen LogP contribution in [-0.4, -0.2) is 30.0 Å². The first-order valence-corrected chi connectivity index (χ1v) is 9.29. The van der Waals surface area contributed by atoms with Crippen LogP contribution in [0.5, 0.6) is 11.5 Å². The second-order valence-electron chi connectivity index (χ2n) is 6.57. The van der Waals surface area contributed by atoms with Crippen LogP contribution in [0.3, 0.4) is 0 Å². The van der Waals surface area contributed by atoms with Crippen LogP contribution in [0.15, 0.2) is 72.8 Å². The number of methoxy groups -OCH3 is 2. The van der Waals surface area contributed by atoms with Crippen molar-refractivity contribution in [3.63, 3.8) is 0 Å². The molecule has 0 aliphatic rings. The van der Waals surface area contributed by atoms with Gasteiger partial charge in [0.1, 0.15) is 17.3 Å². The van der Waals surface area contributed by atoms with E-state index in [-0.39, 0.29) is 11.4 Å². The minimum absolute atomic E-state index is 0.0335. The Bertz CT molecular complexity index is 1120. The predicted molar refractivity (Wildman–Crippen MR) is 112 cm³/mol. The summed E-state index contributed by atoms with van der Waals surface area (Å²) in [6.07, 6.45) is 0. The van der Waals surface area contributed by atoms with Gasteiger partial charge in [0.05, 0.1) is 31.2 Å². The van der Waals surface area contributed by atoms with Crippen molar-refractivity contribution in [1.82, 2.24) is 9.97 Å². The summed E-state index contributed by atoms with van der Waals surface area (Å²) >= 11 is 0. The van der Waals surface area contributed by atoms with E-state index in [1.54, 1.807) is 26.4 Å². The Labute approximate surface area is 173 Å². The SMILES string of the molecule is COc1ccc(-c2nc(C(=O)c3ccccc3F)[nH]c2-c2ccc(OC)cc2)cc1. The third kappa shape index (κ3) is 3.67. The molecule has 4 rings (SSSR count). The van der Waals surface area contributed by atoms with Crippen LogP contribution < -0.4 is 9.47 Å². The van der Waals surface area contributed by atoms with Gasteiger partial charge >= 0.3 is 0 Å². The molecule has 0 aliphatic heterocycles. The molecule has 0 spiro atoms. The van der Waals surface area contributed by atoms with Crippen LogP contribution in [0.1, 0.15) is 16.2 Å². The third-order valence-corrected chi connectivity index (χ3v) is 4.78. The number of aromatic nitrogens is 2. The van der Waals surface area contributed by atoms with Crippen molar-refractivity contribution in [3.05, 3.63) is 90.0 Å². The van der Waals surface area contributed by atoms with Crippen LogP contribution >= 0.6 is 0 Å². The molecular formula is C24H19FN2O3. The lowest BCUT2D eigenvalue weighted by atomic mass is 10.0. The van der Waals surface area contributed by atoms with E-state index in [0.29, 0.717) is 22.9 Å². The number of aromatic amines is 1. The fraction of sp³-hybridized carbons (Fsp3) is 0.0833. The zero-order chi connectivity index (χ0) is 21.1. The Morgan fingerprint density at radius 1 is 0.833 bits per heavy atom. The number of rotatable bonds is 6. The van der Waals surface area contributed by atoms with E-state index in [1.807, 2.05) is 48.5 Å². The molecule has 0 saturated carbocycles. The van der Waals surface area contributed by atoms with Gasteiger partial charge in [0, 0.05) is 11.1 Å². The maximum absolute atomic E-state index is 14.2. The highest BCUT2D eigenvalue weighted by atomic mass is 19.1. The van der Waals surface area contributed by atoms with E-state index >= 15 is 0 Å². The Balaban J connectivity index is 1.83. The molecule has 3 aromatic carbocycles. The number of ketones is 1. The number of hydrogen-bond donors (Lipinski definition) is 1. The molecule has 0 saturated heterocycles. The monoisotopic (exact) mass is 402 g/mol. The van der Waals surface area contributed by atoms with Crippen molar-refractivity contribution in [2.75, 3.05) is 14.2 Å². The van der Waals surface area contributed by atoms with Gasteiger partial charge in [-0.2, -0.15) is 0 Å². The van der Waals surface area contributed by atoms with E-state index in [2.05, 4.69) is 9.97 Å². The van der Waals surface area contributed by atoms with Gasteiger partial charge in [0.25, 0.3) is 0 Å². The van der Waals surface area contributed by atoms with E-state index in [1.165, 1.54) is 12.1 Å². The number of nitrogens with one attached hydrogen (secondary N) is 1. The molecule has 150 valence electrons. The molecule has 0 aliphatic carbocycles. The fourth-order valence-corrected chi connectivity index (χ4v) is 3.18. The van der Waals surface area contributed by atoms with Gasteiger partial charge in [-0.3, -0.25) is 4.79 Å². The molecule has 4 aromatic rings. The summed E-state index contributed by atoms with van der Waals surface area (Å²) in [4.78, 5) is 20.5. The molecule has 1 heterocycles. The topological polar surface area (TPSA) is 64.2 Å². The summed E-state index contributed by atoms with van der Waals surface area (Å²) in [5.74, 6) is 0.394. The molecule has 30 heavy (non-hydrogen) atoms. The van der Waals surface area contributed by atoms with Gasteiger partial charge < -0.3 is 14.5 Å². The number of ether oxygens (including phenoxy) is 2. The molecule has 5 nitrogen and oxygen atoms in total. The van der Waals surface area contributed by atoms with Crippen molar-refractivity contribution >= 4 is 5.78 Å². The second-order valence-corrected chi connectivity index (χ2v) is 6.57. The average molecular weight is 402 g/mol. The molecule has 0 bridgehead atoms. The molecule has 0 atom stereocenters. The Morgan fingerprint density at radius 3 is 1.97 bits per heavy atom. The molecular weight excluding hydrogens is 383 g/mol. The van der Waals surface area contributed by atoms with Crippen LogP contribution in [0.25, 0.3) is 22.5 Å². The van der Waals surface area contributed by atoms with Crippen molar-refractivity contribution in [1.29, 1.82) is 0 Å². The van der Waals surface area contributed by atoms with E-state index in [4.69, 9.17) is 9.47 Å². The van der Waals surface area contributed by atoms with Crippen molar-refractivity contribution in [2.45, 2.75) is 0 Å². The molecule has 0 unspecified atom stereocenters. The van der Waals surface area contributed by atoms with E-state index < -0.39 is 11.6 Å². The van der Waals surface area contributed by atoms with E-state index in [9.17, 15) is 9.18 Å². The largest absolute Gasteiger partial charge is 0.497 e. The maximum atomic E-state index is 14.2. The van der Waals surface area contributed by atoms with Gasteiger partial charge in [0.15, 0.2) is 5.82 Å². The first-order chi connectivity index (χ1) is 14.6. The van der Waals surface area contributed by atoms with Gasteiger partial charge in [-0.05, 0) is 60.7 Å². The van der Waals surface area contributed by atoms with Gasteiger partial charge in [-0.1, -0.05) is 12.1 Å². The second kappa shape index (κ2) is 8.21. The maximum Gasteiger partial charge on any atom is 0.231 e. The normalized spacial score (nSPS) is 10.6. The lowest BCUT2D eigenvalue weighted by Crippen LogP contribution is -2.06. The first kappa shape index (κ1) is 19.4. The smallest absolute Gasteiger partial charge is 0.231 e. The minimum atomic E-state index is -0.587. The zero-order valence-electron chi connectivity index (χ0n) is 16.5. The van der Waals surface area contributed by atoms with Crippen LogP contribution in [0, 0.1) is 5.82 Å². The summed E-state index contributed by atoms with van der Waals surface area (Å²) < 4.78 is 24.6. The van der Waals surface area contributed by atoms with Gasteiger partial charge in [-0.25, -0.2) is 9.37 Å². The summed E-state index contributed by atoms with van der Waals surface area (Å²) in [6.45, 7) is 0. The highest BCUT2D eigenvalue weighted by Crippen LogP contribution is 2.32. The molecule has 0 amide bonds. The summed E-state index contributed by atoms with van der Waals surface area (Å²) in [5, 5.41) is 0. The number of hydrogen-bond acceptors (Lipinski definition) is 4. The molecule has 1 N–H and O–H groups in total. The number of imidazole rings is 1. The Hall–Kier alpha value is -3.93. The summed E-state index contributed by atoms with van der Waals surface area (Å²) in [6, 6.07) is 20.6. The molecule has 6 heteroatoms. The number of nitrogens with zero attached hydrogens (tertiary/aromatic N) is 1. The van der Waals surface area contributed by atoms with E-state index in [0.717, 1.165) is 11.1 Å². The molecule has 0 fully saturated rings. The minimum Gasteiger partial charge on any atom is -0.497 e. The molecule has 0 radical (unpaired) electrons. The van der Waals surface area contributed by atoms with Crippen molar-refractivity contribution < 1.29 is 18.7 Å². The summed E-state index contributed by atoms with van der Waals surface area (Å²) in [5.41, 5.74) is 2.82. The number of H-pyrrole nitrogens is 1. The average Bonchev–Trinajstić information content (AvgIpc) is 3.24. The standard InChI is InChI=1S/C24H19FN2O3/c1-29-17-11-7-15(8-12-17)21-22(16-9-13-18(30-2)14-10-16)27-24(26-21)23(28)19-5-3-4-6-20(19)25/h3-14H,1-2H3,(H,26,27). The lowest BCUT2D eigenvalue weighted by molar-refractivity contribution is 0.102. The number of benzene rings is 3.